The fourth-order valence-corrected chi connectivity index (χ4v) is 3.48. The van der Waals surface area contributed by atoms with Crippen LogP contribution in [0.3, 0.4) is 0 Å². The van der Waals surface area contributed by atoms with Crippen LogP contribution in [0, 0.1) is 6.92 Å². The van der Waals surface area contributed by atoms with Crippen molar-refractivity contribution in [1.29, 1.82) is 0 Å². The van der Waals surface area contributed by atoms with Crippen LogP contribution in [0.25, 0.3) is 11.3 Å². The SMILES string of the molecule is Cc1ccc(C=NNc2nc(-c3ccccc3)cs2)cc1OCc1ccccc1. The Morgan fingerprint density at radius 3 is 2.55 bits per heavy atom. The number of benzene rings is 3. The zero-order valence-corrected chi connectivity index (χ0v) is 16.9. The number of rotatable bonds is 7. The number of nitrogens with zero attached hydrogens (tertiary/aromatic N) is 2. The maximum atomic E-state index is 5.99. The minimum Gasteiger partial charge on any atom is -0.489 e. The molecule has 0 spiro atoms. The Kier molecular flexibility index (Phi) is 5.98. The van der Waals surface area contributed by atoms with Gasteiger partial charge in [-0.2, -0.15) is 5.10 Å². The molecule has 0 radical (unpaired) electrons. The number of hydrogen-bond acceptors (Lipinski definition) is 5. The van der Waals surface area contributed by atoms with Gasteiger partial charge in [-0.3, -0.25) is 5.43 Å². The number of anilines is 1. The van der Waals surface area contributed by atoms with Gasteiger partial charge in [0, 0.05) is 10.9 Å². The zero-order valence-electron chi connectivity index (χ0n) is 16.1. The van der Waals surface area contributed by atoms with Gasteiger partial charge >= 0.3 is 0 Å². The maximum Gasteiger partial charge on any atom is 0.203 e. The molecule has 4 aromatic rings. The standard InChI is InChI=1S/C24H21N3OS/c1-18-12-13-20(14-23(18)28-16-19-8-4-2-5-9-19)15-25-27-24-26-22(17-29-24)21-10-6-3-7-11-21/h2-15,17H,16H2,1H3,(H,26,27). The molecule has 0 aliphatic carbocycles. The Morgan fingerprint density at radius 1 is 1.00 bits per heavy atom. The first kappa shape index (κ1) is 18.9. The van der Waals surface area contributed by atoms with Gasteiger partial charge in [-0.25, -0.2) is 4.98 Å². The Morgan fingerprint density at radius 2 is 1.76 bits per heavy atom. The summed E-state index contributed by atoms with van der Waals surface area (Å²) < 4.78 is 5.99. The molecule has 1 aromatic heterocycles. The molecule has 1 N–H and O–H groups in total. The predicted octanol–water partition coefficient (Wildman–Crippen LogP) is 6.14. The van der Waals surface area contributed by atoms with E-state index in [1.165, 1.54) is 11.3 Å². The molecule has 3 aromatic carbocycles. The van der Waals surface area contributed by atoms with Crippen LogP contribution in [0.5, 0.6) is 5.75 Å². The largest absolute Gasteiger partial charge is 0.489 e. The molecule has 0 fully saturated rings. The highest BCUT2D eigenvalue weighted by Gasteiger charge is 2.04. The summed E-state index contributed by atoms with van der Waals surface area (Å²) in [5, 5.41) is 7.10. The quantitative estimate of drug-likeness (QED) is 0.300. The molecule has 29 heavy (non-hydrogen) atoms. The van der Waals surface area contributed by atoms with E-state index in [4.69, 9.17) is 4.74 Å². The lowest BCUT2D eigenvalue weighted by Gasteiger charge is -2.10. The molecule has 0 aliphatic heterocycles. The van der Waals surface area contributed by atoms with Crippen molar-refractivity contribution in [2.45, 2.75) is 13.5 Å². The summed E-state index contributed by atoms with van der Waals surface area (Å²) in [7, 11) is 0. The Hall–Kier alpha value is -3.44. The van der Waals surface area contributed by atoms with Crippen LogP contribution in [0.4, 0.5) is 5.13 Å². The maximum absolute atomic E-state index is 5.99. The predicted molar refractivity (Wildman–Crippen MR) is 121 cm³/mol. The van der Waals surface area contributed by atoms with Crippen LogP contribution >= 0.6 is 11.3 Å². The number of hydrazone groups is 1. The van der Waals surface area contributed by atoms with Gasteiger partial charge in [-0.05, 0) is 29.7 Å². The summed E-state index contributed by atoms with van der Waals surface area (Å²) in [6.45, 7) is 2.59. The van der Waals surface area contributed by atoms with Gasteiger partial charge in [0.1, 0.15) is 12.4 Å². The number of aromatic nitrogens is 1. The summed E-state index contributed by atoms with van der Waals surface area (Å²) in [6.07, 6.45) is 1.78. The first-order valence-corrected chi connectivity index (χ1v) is 10.2. The third kappa shape index (κ3) is 5.09. The summed E-state index contributed by atoms with van der Waals surface area (Å²) in [5.41, 5.74) is 8.26. The molecule has 0 saturated carbocycles. The lowest BCUT2D eigenvalue weighted by Crippen LogP contribution is -1.98. The second kappa shape index (κ2) is 9.17. The van der Waals surface area contributed by atoms with E-state index in [-0.39, 0.29) is 0 Å². The molecular weight excluding hydrogens is 378 g/mol. The van der Waals surface area contributed by atoms with Crippen LogP contribution in [0.15, 0.2) is 89.3 Å². The molecule has 0 bridgehead atoms. The van der Waals surface area contributed by atoms with Crippen molar-refractivity contribution in [3.8, 4) is 17.0 Å². The number of ether oxygens (including phenoxy) is 1. The van der Waals surface area contributed by atoms with Crippen LogP contribution in [-0.4, -0.2) is 11.2 Å². The van der Waals surface area contributed by atoms with Crippen molar-refractivity contribution < 1.29 is 4.74 Å². The van der Waals surface area contributed by atoms with E-state index in [0.717, 1.165) is 38.8 Å². The molecule has 144 valence electrons. The highest BCUT2D eigenvalue weighted by atomic mass is 32.1. The zero-order chi connectivity index (χ0) is 19.9. The van der Waals surface area contributed by atoms with E-state index >= 15 is 0 Å². The smallest absolute Gasteiger partial charge is 0.203 e. The van der Waals surface area contributed by atoms with Gasteiger partial charge < -0.3 is 4.74 Å². The van der Waals surface area contributed by atoms with E-state index < -0.39 is 0 Å². The number of thiazole rings is 1. The van der Waals surface area contributed by atoms with Crippen molar-refractivity contribution in [1.82, 2.24) is 4.98 Å². The highest BCUT2D eigenvalue weighted by molar-refractivity contribution is 7.14. The van der Waals surface area contributed by atoms with E-state index in [1.807, 2.05) is 79.0 Å². The van der Waals surface area contributed by atoms with Crippen LogP contribution in [0.2, 0.25) is 0 Å². The third-order valence-corrected chi connectivity index (χ3v) is 5.14. The van der Waals surface area contributed by atoms with Gasteiger partial charge in [0.2, 0.25) is 5.13 Å². The van der Waals surface area contributed by atoms with Gasteiger partial charge in [0.05, 0.1) is 11.9 Å². The van der Waals surface area contributed by atoms with Crippen molar-refractivity contribution in [2.24, 2.45) is 5.10 Å². The van der Waals surface area contributed by atoms with E-state index in [1.54, 1.807) is 6.21 Å². The van der Waals surface area contributed by atoms with Crippen LogP contribution in [0.1, 0.15) is 16.7 Å². The van der Waals surface area contributed by atoms with E-state index in [9.17, 15) is 0 Å². The Bertz CT molecular complexity index is 1090. The van der Waals surface area contributed by atoms with Crippen molar-refractivity contribution in [2.75, 3.05) is 5.43 Å². The van der Waals surface area contributed by atoms with Crippen LogP contribution < -0.4 is 10.2 Å². The summed E-state index contributed by atoms with van der Waals surface area (Å²) >= 11 is 1.53. The van der Waals surface area contributed by atoms with E-state index in [0.29, 0.717) is 6.61 Å². The Balaban J connectivity index is 1.39. The minimum atomic E-state index is 0.544. The molecule has 4 rings (SSSR count). The lowest BCUT2D eigenvalue weighted by molar-refractivity contribution is 0.304. The minimum absolute atomic E-state index is 0.544. The summed E-state index contributed by atoms with van der Waals surface area (Å²) in [6, 6.07) is 26.3. The second-order valence-electron chi connectivity index (χ2n) is 6.57. The third-order valence-electron chi connectivity index (χ3n) is 4.40. The van der Waals surface area contributed by atoms with Gasteiger partial charge in [-0.15, -0.1) is 11.3 Å². The molecule has 5 heteroatoms. The van der Waals surface area contributed by atoms with Crippen molar-refractivity contribution in [3.63, 3.8) is 0 Å². The van der Waals surface area contributed by atoms with Crippen molar-refractivity contribution in [3.05, 3.63) is 101 Å². The molecule has 0 atom stereocenters. The normalized spacial score (nSPS) is 10.9. The first-order chi connectivity index (χ1) is 14.3. The topological polar surface area (TPSA) is 46.5 Å². The molecule has 0 aliphatic rings. The molecule has 0 amide bonds. The van der Waals surface area contributed by atoms with Crippen LogP contribution in [-0.2, 0) is 6.61 Å². The second-order valence-corrected chi connectivity index (χ2v) is 7.43. The molecular formula is C24H21N3OS. The molecule has 1 heterocycles. The van der Waals surface area contributed by atoms with E-state index in [2.05, 4.69) is 27.6 Å². The summed E-state index contributed by atoms with van der Waals surface area (Å²) in [5.74, 6) is 0.860. The first-order valence-electron chi connectivity index (χ1n) is 9.35. The molecule has 0 unspecified atom stereocenters. The van der Waals surface area contributed by atoms with Gasteiger partial charge in [0.15, 0.2) is 0 Å². The lowest BCUT2D eigenvalue weighted by atomic mass is 10.1. The average Bonchev–Trinajstić information content (AvgIpc) is 3.24. The highest BCUT2D eigenvalue weighted by Crippen LogP contribution is 2.24. The Labute approximate surface area is 174 Å². The molecule has 0 saturated heterocycles. The fraction of sp³-hybridized carbons (Fsp3) is 0.0833. The summed E-state index contributed by atoms with van der Waals surface area (Å²) in [4.78, 5) is 4.58. The van der Waals surface area contributed by atoms with Gasteiger partial charge in [0.25, 0.3) is 0 Å². The number of hydrogen-bond donors (Lipinski definition) is 1. The molecule has 4 nitrogen and oxygen atoms in total. The fourth-order valence-electron chi connectivity index (χ4n) is 2.82. The average molecular weight is 400 g/mol. The van der Waals surface area contributed by atoms with Gasteiger partial charge in [-0.1, -0.05) is 72.8 Å². The number of nitrogens with one attached hydrogen (secondary N) is 1. The van der Waals surface area contributed by atoms with Crippen molar-refractivity contribution >= 4 is 22.7 Å². The number of aryl methyl sites for hydroxylation is 1. The monoisotopic (exact) mass is 399 g/mol.